The van der Waals surface area contributed by atoms with E-state index in [0.29, 0.717) is 11.7 Å². The molecule has 0 spiro atoms. The fourth-order valence-electron chi connectivity index (χ4n) is 3.55. The van der Waals surface area contributed by atoms with E-state index < -0.39 is 15.9 Å². The van der Waals surface area contributed by atoms with Crippen LogP contribution in [0.25, 0.3) is 0 Å². The number of hydrogen-bond donors (Lipinski definition) is 2. The van der Waals surface area contributed by atoms with Crippen LogP contribution in [-0.2, 0) is 10.0 Å². The molecule has 8 nitrogen and oxygen atoms in total. The Morgan fingerprint density at radius 3 is 2.38 bits per heavy atom. The molecule has 2 aromatic heterocycles. The minimum atomic E-state index is -4.23. The van der Waals surface area contributed by atoms with Crippen LogP contribution in [0, 0.1) is 20.8 Å². The summed E-state index contributed by atoms with van der Waals surface area (Å²) in [6.07, 6.45) is 2.05. The molecule has 1 fully saturated rings. The van der Waals surface area contributed by atoms with Crippen LogP contribution in [0.2, 0.25) is 0 Å². The molecular formula is C23H24N4O4S. The fourth-order valence-corrected chi connectivity index (χ4v) is 4.49. The molecule has 0 atom stereocenters. The van der Waals surface area contributed by atoms with Gasteiger partial charge in [0, 0.05) is 11.6 Å². The van der Waals surface area contributed by atoms with Crippen molar-refractivity contribution in [1.82, 2.24) is 14.7 Å². The molecule has 9 heteroatoms. The normalized spacial score (nSPS) is 13.6. The van der Waals surface area contributed by atoms with Crippen molar-refractivity contribution in [3.63, 3.8) is 0 Å². The third-order valence-electron chi connectivity index (χ3n) is 5.17. The zero-order chi connectivity index (χ0) is 23.0. The Morgan fingerprint density at radius 2 is 1.75 bits per heavy atom. The van der Waals surface area contributed by atoms with E-state index >= 15 is 0 Å². The van der Waals surface area contributed by atoms with Crippen LogP contribution in [0.5, 0.6) is 11.6 Å². The second-order valence-corrected chi connectivity index (χ2v) is 9.66. The Kier molecular flexibility index (Phi) is 5.60. The van der Waals surface area contributed by atoms with E-state index in [9.17, 15) is 13.2 Å². The van der Waals surface area contributed by atoms with E-state index in [2.05, 4.69) is 9.97 Å². The monoisotopic (exact) mass is 452 g/mol. The highest BCUT2D eigenvalue weighted by molar-refractivity contribution is 7.90. The maximum atomic E-state index is 13.0. The van der Waals surface area contributed by atoms with E-state index in [1.54, 1.807) is 12.1 Å². The average Bonchev–Trinajstić information content (AvgIpc) is 3.55. The summed E-state index contributed by atoms with van der Waals surface area (Å²) >= 11 is 0. The third kappa shape index (κ3) is 4.57. The lowest BCUT2D eigenvalue weighted by atomic mass is 10.1. The van der Waals surface area contributed by atoms with Gasteiger partial charge in [-0.1, -0.05) is 23.8 Å². The molecule has 0 unspecified atom stereocenters. The lowest BCUT2D eigenvalue weighted by molar-refractivity contribution is 0.0978. The van der Waals surface area contributed by atoms with Gasteiger partial charge in [-0.25, -0.2) is 14.7 Å². The Bertz CT molecular complexity index is 1290. The van der Waals surface area contributed by atoms with Crippen molar-refractivity contribution in [2.45, 2.75) is 44.6 Å². The Morgan fingerprint density at radius 1 is 1.06 bits per heavy atom. The predicted octanol–water partition coefficient (Wildman–Crippen LogP) is 3.77. The number of anilines is 1. The summed E-state index contributed by atoms with van der Waals surface area (Å²) in [6, 6.07) is 11.4. The van der Waals surface area contributed by atoms with Gasteiger partial charge < -0.3 is 10.5 Å². The highest BCUT2D eigenvalue weighted by Gasteiger charge is 2.29. The molecule has 3 N–H and O–H groups in total. The average molecular weight is 453 g/mol. The molecule has 1 aliphatic carbocycles. The highest BCUT2D eigenvalue weighted by atomic mass is 32.2. The van der Waals surface area contributed by atoms with Gasteiger partial charge in [0.1, 0.15) is 17.1 Å². The first-order valence-corrected chi connectivity index (χ1v) is 11.7. The highest BCUT2D eigenvalue weighted by Crippen LogP contribution is 2.40. The summed E-state index contributed by atoms with van der Waals surface area (Å²) in [4.78, 5) is 21.3. The molecule has 166 valence electrons. The number of amides is 1. The Balaban J connectivity index is 1.70. The number of nitrogen functional groups attached to an aromatic ring is 1. The number of carbonyl (C=O) groups excluding carboxylic acids is 1. The zero-order valence-electron chi connectivity index (χ0n) is 18.0. The van der Waals surface area contributed by atoms with Crippen LogP contribution in [-0.4, -0.2) is 24.3 Å². The molecule has 4 rings (SSSR count). The first kappa shape index (κ1) is 21.8. The summed E-state index contributed by atoms with van der Waals surface area (Å²) in [5.41, 5.74) is 9.29. The smallest absolute Gasteiger partial charge is 0.281 e. The van der Waals surface area contributed by atoms with Crippen LogP contribution in [0.1, 0.15) is 51.5 Å². The molecule has 1 aliphatic rings. The van der Waals surface area contributed by atoms with Crippen LogP contribution >= 0.6 is 0 Å². The number of nitrogens with two attached hydrogens (primary N) is 1. The van der Waals surface area contributed by atoms with Crippen molar-refractivity contribution < 1.29 is 17.9 Å². The number of nitrogens with one attached hydrogen (secondary N) is 1. The number of sulfonamides is 1. The van der Waals surface area contributed by atoms with Crippen molar-refractivity contribution >= 4 is 21.7 Å². The molecule has 3 aromatic rings. The molecule has 0 bridgehead atoms. The lowest BCUT2D eigenvalue weighted by Gasteiger charge is -2.16. The minimum Gasteiger partial charge on any atom is -0.438 e. The summed E-state index contributed by atoms with van der Waals surface area (Å²) < 4.78 is 33.5. The Hall–Kier alpha value is -3.46. The molecule has 1 amide bonds. The number of benzene rings is 1. The number of aromatic nitrogens is 2. The number of ether oxygens (including phenoxy) is 1. The summed E-state index contributed by atoms with van der Waals surface area (Å²) in [5, 5.41) is -0.346. The van der Waals surface area contributed by atoms with Crippen molar-refractivity contribution in [2.75, 3.05) is 5.73 Å². The molecule has 1 aromatic carbocycles. The van der Waals surface area contributed by atoms with Gasteiger partial charge in [-0.05, 0) is 69.0 Å². The zero-order valence-corrected chi connectivity index (χ0v) is 18.9. The van der Waals surface area contributed by atoms with Gasteiger partial charge in [0.2, 0.25) is 5.88 Å². The van der Waals surface area contributed by atoms with Gasteiger partial charge in [0.05, 0.1) is 0 Å². The molecule has 2 heterocycles. The second kappa shape index (κ2) is 8.23. The molecule has 0 aliphatic heterocycles. The van der Waals surface area contributed by atoms with Crippen LogP contribution in [0.15, 0.2) is 47.5 Å². The van der Waals surface area contributed by atoms with Gasteiger partial charge >= 0.3 is 0 Å². The topological polar surface area (TPSA) is 124 Å². The van der Waals surface area contributed by atoms with E-state index in [1.807, 2.05) is 37.6 Å². The van der Waals surface area contributed by atoms with Crippen molar-refractivity contribution in [3.8, 4) is 11.6 Å². The second-order valence-electron chi connectivity index (χ2n) is 8.03. The summed E-state index contributed by atoms with van der Waals surface area (Å²) in [6.45, 7) is 5.81. The van der Waals surface area contributed by atoms with Crippen molar-refractivity contribution in [1.29, 1.82) is 0 Å². The van der Waals surface area contributed by atoms with E-state index in [-0.39, 0.29) is 22.3 Å². The number of rotatable bonds is 6. The summed E-state index contributed by atoms with van der Waals surface area (Å²) in [5.74, 6) is 0.157. The SMILES string of the molecule is Cc1cc(C)c(Oc2nc(C3CC3)ccc2C(=O)NS(=O)(=O)c2cccc(N)n2)c(C)c1. The number of nitrogens with zero attached hydrogens (tertiary/aromatic N) is 2. The standard InChI is InChI=1S/C23H24N4O4S/c1-13-11-14(2)21(15(3)12-13)31-23-17(9-10-18(25-23)16-7-8-16)22(28)27-32(29,30)20-6-4-5-19(24)26-20/h4-6,9-12,16H,7-8H2,1-3H3,(H2,24,26)(H,27,28). The van der Waals surface area contributed by atoms with Gasteiger partial charge in [0.15, 0.2) is 5.03 Å². The lowest BCUT2D eigenvalue weighted by Crippen LogP contribution is -2.31. The first-order valence-electron chi connectivity index (χ1n) is 10.2. The third-order valence-corrected chi connectivity index (χ3v) is 6.41. The number of aryl methyl sites for hydroxylation is 3. The predicted molar refractivity (Wildman–Crippen MR) is 120 cm³/mol. The maximum Gasteiger partial charge on any atom is 0.281 e. The molecular weight excluding hydrogens is 428 g/mol. The van der Waals surface area contributed by atoms with Crippen LogP contribution in [0.3, 0.4) is 0 Å². The van der Waals surface area contributed by atoms with E-state index in [1.165, 1.54) is 18.2 Å². The van der Waals surface area contributed by atoms with Gasteiger partial charge in [-0.15, -0.1) is 0 Å². The van der Waals surface area contributed by atoms with Crippen LogP contribution < -0.4 is 15.2 Å². The van der Waals surface area contributed by atoms with Crippen molar-refractivity contribution in [2.24, 2.45) is 0 Å². The van der Waals surface area contributed by atoms with Gasteiger partial charge in [-0.2, -0.15) is 8.42 Å². The molecule has 0 saturated heterocycles. The van der Waals surface area contributed by atoms with Crippen molar-refractivity contribution in [3.05, 3.63) is 70.4 Å². The van der Waals surface area contributed by atoms with Crippen LogP contribution in [0.4, 0.5) is 5.82 Å². The number of hydrogen-bond acceptors (Lipinski definition) is 7. The fraction of sp³-hybridized carbons (Fsp3) is 0.261. The maximum absolute atomic E-state index is 13.0. The van der Waals surface area contributed by atoms with E-state index in [4.69, 9.17) is 10.5 Å². The molecule has 0 radical (unpaired) electrons. The quantitative estimate of drug-likeness (QED) is 0.583. The number of pyridine rings is 2. The minimum absolute atomic E-state index is 0.0150. The number of carbonyl (C=O) groups is 1. The van der Waals surface area contributed by atoms with E-state index in [0.717, 1.165) is 35.2 Å². The Labute approximate surface area is 186 Å². The first-order chi connectivity index (χ1) is 15.1. The van der Waals surface area contributed by atoms with Gasteiger partial charge in [0.25, 0.3) is 15.9 Å². The molecule has 32 heavy (non-hydrogen) atoms. The summed E-state index contributed by atoms with van der Waals surface area (Å²) in [7, 11) is -4.23. The largest absolute Gasteiger partial charge is 0.438 e. The molecule has 1 saturated carbocycles. The van der Waals surface area contributed by atoms with Gasteiger partial charge in [-0.3, -0.25) is 4.79 Å².